The first-order valence-electron chi connectivity index (χ1n) is 18.3. The van der Waals surface area contributed by atoms with Crippen molar-refractivity contribution in [1.29, 1.82) is 0 Å². The third kappa shape index (κ3) is 5.50. The van der Waals surface area contributed by atoms with Gasteiger partial charge >= 0.3 is 0 Å². The van der Waals surface area contributed by atoms with Gasteiger partial charge in [0.05, 0.1) is 35.8 Å². The summed E-state index contributed by atoms with van der Waals surface area (Å²) in [6.45, 7) is 3.27. The van der Waals surface area contributed by atoms with Crippen LogP contribution in [0.5, 0.6) is 0 Å². The lowest BCUT2D eigenvalue weighted by Crippen LogP contribution is -2.39. The van der Waals surface area contributed by atoms with E-state index in [1.807, 2.05) is 37.3 Å². The van der Waals surface area contributed by atoms with E-state index >= 15 is 0 Å². The zero-order valence-corrected chi connectivity index (χ0v) is 29.2. The number of nitrogens with one attached hydrogen (secondary N) is 2. The summed E-state index contributed by atoms with van der Waals surface area (Å²) in [4.78, 5) is 23.2. The SMILES string of the molecule is CC(NC(=O)c1nc2cc3c(C4CCC5(CC4)OCCO5)[nH]n(C(c4ccccc4)(c4ccccc4)c4ccccc4)c3cc2n1)c1ccccc1. The van der Waals surface area contributed by atoms with E-state index in [0.717, 1.165) is 64.5 Å². The molecular formula is C44H41N5O3. The molecule has 1 aliphatic heterocycles. The number of nitrogens with zero attached hydrogens (tertiary/aromatic N) is 3. The fourth-order valence-corrected chi connectivity index (χ4v) is 8.46. The molecule has 1 saturated heterocycles. The van der Waals surface area contributed by atoms with E-state index in [4.69, 9.17) is 19.4 Å². The molecule has 8 nitrogen and oxygen atoms in total. The molecule has 52 heavy (non-hydrogen) atoms. The summed E-state index contributed by atoms with van der Waals surface area (Å²) in [6, 6.07) is 46.0. The smallest absolute Gasteiger partial charge is 0.289 e. The highest BCUT2D eigenvalue weighted by atomic mass is 16.7. The molecule has 1 unspecified atom stereocenters. The maximum Gasteiger partial charge on any atom is 0.289 e. The Morgan fingerprint density at radius 2 is 1.27 bits per heavy atom. The maximum atomic E-state index is 13.6. The van der Waals surface area contributed by atoms with Crippen LogP contribution in [-0.2, 0) is 15.0 Å². The van der Waals surface area contributed by atoms with Gasteiger partial charge in [0.1, 0.15) is 5.54 Å². The predicted octanol–water partition coefficient (Wildman–Crippen LogP) is 8.64. The number of fused-ring (bicyclic) bond motifs is 2. The second kappa shape index (κ2) is 13.2. The van der Waals surface area contributed by atoms with Gasteiger partial charge in [-0.3, -0.25) is 9.48 Å². The molecule has 3 heterocycles. The number of ether oxygens (including phenoxy) is 2. The van der Waals surface area contributed by atoms with Crippen molar-refractivity contribution < 1.29 is 14.3 Å². The molecule has 9 rings (SSSR count). The molecule has 8 heteroatoms. The zero-order valence-electron chi connectivity index (χ0n) is 29.2. The van der Waals surface area contributed by atoms with Crippen LogP contribution in [-0.4, -0.2) is 44.7 Å². The molecule has 2 aromatic heterocycles. The molecule has 1 atom stereocenters. The number of amides is 1. The number of imidazole rings is 1. The lowest BCUT2D eigenvalue weighted by atomic mass is 9.77. The molecule has 1 amide bonds. The van der Waals surface area contributed by atoms with Gasteiger partial charge in [-0.1, -0.05) is 121 Å². The van der Waals surface area contributed by atoms with Crippen LogP contribution in [0, 0.1) is 0 Å². The summed E-state index contributed by atoms with van der Waals surface area (Å²) in [5, 5.41) is 8.19. The van der Waals surface area contributed by atoms with E-state index in [9.17, 15) is 4.79 Å². The summed E-state index contributed by atoms with van der Waals surface area (Å²) in [5.74, 6) is -0.372. The van der Waals surface area contributed by atoms with Gasteiger partial charge in [0.25, 0.3) is 5.91 Å². The molecular weight excluding hydrogens is 647 g/mol. The summed E-state index contributed by atoms with van der Waals surface area (Å²) < 4.78 is 14.6. The van der Waals surface area contributed by atoms with Gasteiger partial charge in [0, 0.05) is 29.8 Å². The third-order valence-corrected chi connectivity index (χ3v) is 11.0. The Balaban J connectivity index is 1.25. The standard InChI is InChI=1S/C44H41N5O3/c1-30(31-14-6-2-7-15-31)45-42(50)41-46-37-28-36-39(29-38(37)47-41)49(48-40(36)32-22-24-43(25-23-32)51-26-27-52-43)44(33-16-8-3-9-17-33,34-18-10-4-11-19-34)35-20-12-5-13-21-35/h2-21,28-30,32,48H,22-27H2,1H3,(H,45,50). The van der Waals surface area contributed by atoms with Gasteiger partial charge in [-0.15, -0.1) is 0 Å². The normalized spacial score (nSPS) is 16.8. The molecule has 1 aliphatic carbocycles. The number of carbonyl (C=O) groups excluding carboxylic acids is 1. The van der Waals surface area contributed by atoms with Gasteiger partial charge < -0.3 is 19.9 Å². The van der Waals surface area contributed by atoms with Gasteiger partial charge in [-0.25, -0.2) is 9.97 Å². The number of hydrogen-bond donors (Lipinski definition) is 2. The Hall–Kier alpha value is -5.57. The van der Waals surface area contributed by atoms with Gasteiger partial charge in [-0.2, -0.15) is 0 Å². The third-order valence-electron chi connectivity index (χ3n) is 11.0. The van der Waals surface area contributed by atoms with Crippen LogP contribution in [0.1, 0.15) is 83.1 Å². The van der Waals surface area contributed by atoms with Crippen molar-refractivity contribution in [2.45, 2.75) is 55.9 Å². The van der Waals surface area contributed by atoms with Crippen LogP contribution in [0.4, 0.5) is 0 Å². The molecule has 260 valence electrons. The average Bonchev–Trinajstić information content (AvgIpc) is 3.94. The molecule has 2 aliphatic rings. The highest BCUT2D eigenvalue weighted by molar-refractivity contribution is 5.99. The van der Waals surface area contributed by atoms with E-state index in [2.05, 4.69) is 118 Å². The summed E-state index contributed by atoms with van der Waals surface area (Å²) in [6.07, 6.45) is 3.50. The van der Waals surface area contributed by atoms with Gasteiger partial charge in [0.2, 0.25) is 5.82 Å². The van der Waals surface area contributed by atoms with E-state index < -0.39 is 11.3 Å². The first-order chi connectivity index (χ1) is 25.5. The highest BCUT2D eigenvalue weighted by Crippen LogP contribution is 2.47. The topological polar surface area (TPSA) is 94.1 Å². The minimum Gasteiger partial charge on any atom is -0.348 e. The molecule has 7 aromatic rings. The van der Waals surface area contributed by atoms with Crippen molar-refractivity contribution in [1.82, 2.24) is 25.1 Å². The van der Waals surface area contributed by atoms with Crippen molar-refractivity contribution >= 4 is 27.8 Å². The Kier molecular flexibility index (Phi) is 8.21. The number of benzene rings is 5. The summed E-state index contributed by atoms with van der Waals surface area (Å²) >= 11 is 0. The quantitative estimate of drug-likeness (QED) is 0.156. The van der Waals surface area contributed by atoms with Crippen molar-refractivity contribution in [2.75, 3.05) is 13.2 Å². The maximum absolute atomic E-state index is 13.6. The van der Waals surface area contributed by atoms with Crippen LogP contribution < -0.4 is 5.32 Å². The van der Waals surface area contributed by atoms with Crippen molar-refractivity contribution in [3.8, 4) is 0 Å². The van der Waals surface area contributed by atoms with Crippen molar-refractivity contribution in [2.24, 2.45) is 0 Å². The number of rotatable bonds is 8. The average molecular weight is 688 g/mol. The Bertz CT molecular complexity index is 2220. The second-order valence-electron chi connectivity index (χ2n) is 14.1. The molecule has 0 bridgehead atoms. The predicted molar refractivity (Wildman–Crippen MR) is 202 cm³/mol. The van der Waals surface area contributed by atoms with E-state index in [1.165, 1.54) is 0 Å². The fraction of sp³-hybridized carbons (Fsp3) is 0.250. The molecule has 0 radical (unpaired) electrons. The lowest BCUT2D eigenvalue weighted by Gasteiger charge is -2.38. The molecule has 2 N–H and O–H groups in total. The highest BCUT2D eigenvalue weighted by Gasteiger charge is 2.44. The van der Waals surface area contributed by atoms with E-state index in [-0.39, 0.29) is 23.7 Å². The zero-order chi connectivity index (χ0) is 35.1. The Morgan fingerprint density at radius 1 is 0.769 bits per heavy atom. The van der Waals surface area contributed by atoms with Gasteiger partial charge in [-0.05, 0) is 54.2 Å². The number of aromatic amines is 1. The fourth-order valence-electron chi connectivity index (χ4n) is 8.46. The first-order valence-corrected chi connectivity index (χ1v) is 18.3. The van der Waals surface area contributed by atoms with Crippen LogP contribution in [0.3, 0.4) is 0 Å². The summed E-state index contributed by atoms with van der Waals surface area (Å²) in [7, 11) is 0. The monoisotopic (exact) mass is 687 g/mol. The Morgan fingerprint density at radius 3 is 1.81 bits per heavy atom. The molecule has 1 spiro atoms. The van der Waals surface area contributed by atoms with E-state index in [0.29, 0.717) is 24.2 Å². The second-order valence-corrected chi connectivity index (χ2v) is 14.1. The molecule has 2 fully saturated rings. The van der Waals surface area contributed by atoms with Crippen LogP contribution in [0.2, 0.25) is 0 Å². The number of hydrogen-bond acceptors (Lipinski definition) is 5. The summed E-state index contributed by atoms with van der Waals surface area (Å²) in [5.41, 5.74) is 7.09. The largest absolute Gasteiger partial charge is 0.348 e. The minimum absolute atomic E-state index is 0.165. The number of aromatic nitrogens is 4. The minimum atomic E-state index is -0.771. The van der Waals surface area contributed by atoms with Crippen LogP contribution in [0.25, 0.3) is 21.9 Å². The van der Waals surface area contributed by atoms with Crippen molar-refractivity contribution in [3.05, 3.63) is 167 Å². The Labute approximate surface area is 302 Å². The van der Waals surface area contributed by atoms with Crippen molar-refractivity contribution in [3.63, 3.8) is 0 Å². The van der Waals surface area contributed by atoms with Crippen LogP contribution in [0.15, 0.2) is 133 Å². The lowest BCUT2D eigenvalue weighted by molar-refractivity contribution is -0.178. The molecule has 1 saturated carbocycles. The molecule has 5 aromatic carbocycles. The number of carbonyl (C=O) groups is 1. The van der Waals surface area contributed by atoms with Crippen LogP contribution >= 0.6 is 0 Å². The first kappa shape index (κ1) is 32.3. The van der Waals surface area contributed by atoms with Gasteiger partial charge in [0.15, 0.2) is 5.79 Å². The van der Waals surface area contributed by atoms with E-state index in [1.54, 1.807) is 0 Å². The number of H-pyrrole nitrogens is 1.